The number of alkyl halides is 1. The number of rotatable bonds is 4. The van der Waals surface area contributed by atoms with Crippen molar-refractivity contribution in [2.75, 3.05) is 0 Å². The van der Waals surface area contributed by atoms with Gasteiger partial charge in [0.25, 0.3) is 0 Å². The van der Waals surface area contributed by atoms with Crippen LogP contribution in [-0.4, -0.2) is 15.1 Å². The van der Waals surface area contributed by atoms with Crippen LogP contribution in [0.1, 0.15) is 22.3 Å². The maximum Gasteiger partial charge on any atom is 0.132 e. The quantitative estimate of drug-likeness (QED) is 0.222. The van der Waals surface area contributed by atoms with Crippen LogP contribution in [0.2, 0.25) is 0 Å². The van der Waals surface area contributed by atoms with Crippen LogP contribution in [-0.2, 0) is 12.5 Å². The Kier molecular flexibility index (Phi) is 8.15. The van der Waals surface area contributed by atoms with Crippen LogP contribution in [0, 0.1) is 25.5 Å². The van der Waals surface area contributed by atoms with E-state index in [-0.39, 0.29) is 18.2 Å². The third kappa shape index (κ3) is 5.44. The highest BCUT2D eigenvalue weighted by Gasteiger charge is 2.14. The monoisotopic (exact) mass is 552 g/mol. The molecule has 200 valence electrons. The molecular formula is C34H27ClF2N2O. The van der Waals surface area contributed by atoms with E-state index in [0.717, 1.165) is 38.5 Å². The number of para-hydroxylation sites is 2. The lowest BCUT2D eigenvalue weighted by Crippen LogP contribution is -1.97. The number of hydrogen-bond acceptors (Lipinski definition) is 3. The highest BCUT2D eigenvalue weighted by molar-refractivity contribution is 6.17. The molecule has 0 unspecified atom stereocenters. The van der Waals surface area contributed by atoms with E-state index in [1.54, 1.807) is 36.4 Å². The molecule has 0 saturated heterocycles. The number of nitrogens with zero attached hydrogens (tertiary/aromatic N) is 2. The lowest BCUT2D eigenvalue weighted by molar-refractivity contribution is 0.282. The molecule has 3 nitrogen and oxygen atoms in total. The minimum atomic E-state index is -0.331. The first-order valence-corrected chi connectivity index (χ1v) is 13.4. The largest absolute Gasteiger partial charge is 0.392 e. The second-order valence-electron chi connectivity index (χ2n) is 9.54. The van der Waals surface area contributed by atoms with Gasteiger partial charge in [0.1, 0.15) is 11.6 Å². The molecule has 1 N–H and O–H groups in total. The predicted octanol–water partition coefficient (Wildman–Crippen LogP) is 8.93. The molecular weight excluding hydrogens is 526 g/mol. The van der Waals surface area contributed by atoms with Gasteiger partial charge in [-0.3, -0.25) is 0 Å². The van der Waals surface area contributed by atoms with E-state index < -0.39 is 0 Å². The number of hydrogen-bond donors (Lipinski definition) is 1. The van der Waals surface area contributed by atoms with Crippen molar-refractivity contribution < 1.29 is 13.9 Å². The number of aromatic nitrogens is 2. The van der Waals surface area contributed by atoms with Gasteiger partial charge in [-0.25, -0.2) is 18.7 Å². The average Bonchev–Trinajstić information content (AvgIpc) is 2.97. The summed E-state index contributed by atoms with van der Waals surface area (Å²) < 4.78 is 28.0. The van der Waals surface area contributed by atoms with Crippen molar-refractivity contribution >= 4 is 33.4 Å². The van der Waals surface area contributed by atoms with Gasteiger partial charge in [0.15, 0.2) is 0 Å². The van der Waals surface area contributed by atoms with E-state index in [1.807, 2.05) is 62.4 Å². The molecule has 0 aliphatic carbocycles. The fraction of sp³-hybridized carbons (Fsp3) is 0.118. The number of pyridine rings is 2. The molecule has 40 heavy (non-hydrogen) atoms. The molecule has 0 fully saturated rings. The van der Waals surface area contributed by atoms with Gasteiger partial charge in [-0.15, -0.1) is 11.6 Å². The second kappa shape index (κ2) is 11.9. The molecule has 2 heterocycles. The summed E-state index contributed by atoms with van der Waals surface area (Å²) in [5.41, 5.74) is 7.35. The second-order valence-corrected chi connectivity index (χ2v) is 9.80. The highest BCUT2D eigenvalue weighted by atomic mass is 35.5. The average molecular weight is 553 g/mol. The van der Waals surface area contributed by atoms with Crippen molar-refractivity contribution in [2.24, 2.45) is 0 Å². The van der Waals surface area contributed by atoms with Gasteiger partial charge in [0.2, 0.25) is 0 Å². The van der Waals surface area contributed by atoms with Crippen molar-refractivity contribution in [3.63, 3.8) is 0 Å². The molecule has 0 saturated carbocycles. The first-order valence-electron chi connectivity index (χ1n) is 12.9. The zero-order chi connectivity index (χ0) is 28.2. The zero-order valence-corrected chi connectivity index (χ0v) is 22.9. The van der Waals surface area contributed by atoms with Gasteiger partial charge < -0.3 is 5.11 Å². The number of aryl methyl sites for hydroxylation is 2. The highest BCUT2D eigenvalue weighted by Crippen LogP contribution is 2.30. The summed E-state index contributed by atoms with van der Waals surface area (Å²) in [5, 5.41) is 11.5. The summed E-state index contributed by atoms with van der Waals surface area (Å²) in [6, 6.07) is 28.9. The number of fused-ring (bicyclic) bond motifs is 2. The first kappa shape index (κ1) is 27.4. The number of benzene rings is 4. The van der Waals surface area contributed by atoms with Crippen LogP contribution in [0.15, 0.2) is 97.1 Å². The van der Waals surface area contributed by atoms with E-state index in [2.05, 4.69) is 9.97 Å². The van der Waals surface area contributed by atoms with Crippen LogP contribution in [0.25, 0.3) is 44.3 Å². The summed E-state index contributed by atoms with van der Waals surface area (Å²) in [6.45, 7) is 3.81. The Morgan fingerprint density at radius 1 is 0.625 bits per heavy atom. The molecule has 0 atom stereocenters. The lowest BCUT2D eigenvalue weighted by Gasteiger charge is -2.11. The smallest absolute Gasteiger partial charge is 0.132 e. The number of halogens is 3. The van der Waals surface area contributed by atoms with Crippen LogP contribution in [0.5, 0.6) is 0 Å². The van der Waals surface area contributed by atoms with E-state index in [1.165, 1.54) is 12.1 Å². The normalized spacial score (nSPS) is 10.9. The van der Waals surface area contributed by atoms with Crippen molar-refractivity contribution in [1.82, 2.24) is 9.97 Å². The van der Waals surface area contributed by atoms with Crippen LogP contribution in [0.4, 0.5) is 8.78 Å². The Balaban J connectivity index is 0.000000161. The fourth-order valence-corrected chi connectivity index (χ4v) is 4.98. The maximum atomic E-state index is 14.0. The Bertz CT molecular complexity index is 1700. The van der Waals surface area contributed by atoms with E-state index >= 15 is 0 Å². The van der Waals surface area contributed by atoms with Gasteiger partial charge in [-0.1, -0.05) is 60.7 Å². The third-order valence-electron chi connectivity index (χ3n) is 6.83. The maximum absolute atomic E-state index is 14.0. The van der Waals surface area contributed by atoms with Crippen molar-refractivity contribution in [3.05, 3.63) is 131 Å². The van der Waals surface area contributed by atoms with Gasteiger partial charge in [-0.05, 0) is 66.9 Å². The summed E-state index contributed by atoms with van der Waals surface area (Å²) in [7, 11) is 0. The first-order chi connectivity index (χ1) is 19.4. The Hall–Kier alpha value is -4.19. The van der Waals surface area contributed by atoms with Crippen LogP contribution in [0.3, 0.4) is 0 Å². The van der Waals surface area contributed by atoms with E-state index in [0.29, 0.717) is 34.0 Å². The molecule has 0 bridgehead atoms. The summed E-state index contributed by atoms with van der Waals surface area (Å²) >= 11 is 6.01. The van der Waals surface area contributed by atoms with E-state index in [9.17, 15) is 13.9 Å². The zero-order valence-electron chi connectivity index (χ0n) is 22.1. The molecule has 6 aromatic rings. The number of aliphatic hydroxyl groups excluding tert-OH is 1. The molecule has 4 aromatic carbocycles. The Labute approximate surface area is 236 Å². The molecule has 0 radical (unpaired) electrons. The molecule has 0 amide bonds. The van der Waals surface area contributed by atoms with Crippen molar-refractivity contribution in [3.8, 4) is 22.5 Å². The Morgan fingerprint density at radius 3 is 1.52 bits per heavy atom. The third-order valence-corrected chi connectivity index (χ3v) is 7.11. The summed E-state index contributed by atoms with van der Waals surface area (Å²) in [6.07, 6.45) is 0. The van der Waals surface area contributed by atoms with Gasteiger partial charge in [0, 0.05) is 33.3 Å². The van der Waals surface area contributed by atoms with Gasteiger partial charge in [0.05, 0.1) is 29.0 Å². The summed E-state index contributed by atoms with van der Waals surface area (Å²) in [5.74, 6) is -0.303. The molecule has 6 rings (SSSR count). The summed E-state index contributed by atoms with van der Waals surface area (Å²) in [4.78, 5) is 9.23. The topological polar surface area (TPSA) is 46.0 Å². The Morgan fingerprint density at radius 2 is 1.07 bits per heavy atom. The molecule has 6 heteroatoms. The predicted molar refractivity (Wildman–Crippen MR) is 159 cm³/mol. The molecule has 0 aliphatic heterocycles. The lowest BCUT2D eigenvalue weighted by atomic mass is 10.0. The van der Waals surface area contributed by atoms with Crippen molar-refractivity contribution in [1.29, 1.82) is 0 Å². The molecule has 2 aromatic heterocycles. The van der Waals surface area contributed by atoms with E-state index in [4.69, 9.17) is 11.6 Å². The van der Waals surface area contributed by atoms with Crippen molar-refractivity contribution in [2.45, 2.75) is 26.3 Å². The fourth-order valence-electron chi connectivity index (χ4n) is 4.78. The van der Waals surface area contributed by atoms with Gasteiger partial charge >= 0.3 is 0 Å². The van der Waals surface area contributed by atoms with Gasteiger partial charge in [-0.2, -0.15) is 0 Å². The SMILES string of the molecule is Cc1cccc2cc(CCl)c(-c3ccccc3F)nc12.Cc1cccc2cc(CO)c(-c3ccccc3F)nc12. The number of aliphatic hydroxyl groups is 1. The van der Waals surface area contributed by atoms with Crippen LogP contribution >= 0.6 is 11.6 Å². The van der Waals surface area contributed by atoms with Crippen LogP contribution < -0.4 is 0 Å². The minimum Gasteiger partial charge on any atom is -0.392 e. The molecule has 0 spiro atoms. The minimum absolute atomic E-state index is 0.166. The molecule has 0 aliphatic rings. The standard InChI is InChI=1S/C17H13ClFN.C17H14FNO/c1-11-5-4-6-12-9-13(10-18)17(20-16(11)12)14-7-2-3-8-15(14)19;1-11-5-4-6-12-9-13(10-20)17(19-16(11)12)14-7-2-3-8-15(14)18/h2-9H,10H2,1H3;2-9,20H,10H2,1H3.